The Bertz CT molecular complexity index is 454. The van der Waals surface area contributed by atoms with Crippen molar-refractivity contribution in [2.45, 2.75) is 25.3 Å². The van der Waals surface area contributed by atoms with Gasteiger partial charge in [-0.3, -0.25) is 4.79 Å². The van der Waals surface area contributed by atoms with E-state index in [0.29, 0.717) is 17.6 Å². The highest BCUT2D eigenvalue weighted by Gasteiger charge is 2.25. The first kappa shape index (κ1) is 12.3. The van der Waals surface area contributed by atoms with Gasteiger partial charge in [0.25, 0.3) is 5.91 Å². The van der Waals surface area contributed by atoms with Crippen LogP contribution in [0.5, 0.6) is 0 Å². The van der Waals surface area contributed by atoms with Crippen LogP contribution >= 0.6 is 0 Å². The molecule has 2 aliphatic rings. The molecule has 2 fully saturated rings. The lowest BCUT2D eigenvalue weighted by Crippen LogP contribution is -2.45. The number of aromatic nitrogens is 2. The van der Waals surface area contributed by atoms with E-state index < -0.39 is 0 Å². The van der Waals surface area contributed by atoms with E-state index in [9.17, 15) is 4.79 Å². The molecule has 1 aliphatic carbocycles. The third-order valence-corrected chi connectivity index (χ3v) is 3.75. The maximum atomic E-state index is 12.3. The van der Waals surface area contributed by atoms with E-state index in [1.807, 2.05) is 0 Å². The number of amides is 1. The molecule has 1 saturated heterocycles. The third-order valence-electron chi connectivity index (χ3n) is 3.75. The Morgan fingerprint density at radius 3 is 2.68 bits per heavy atom. The van der Waals surface area contributed by atoms with E-state index in [-0.39, 0.29) is 5.91 Å². The van der Waals surface area contributed by atoms with Crippen LogP contribution in [0.1, 0.15) is 29.8 Å². The minimum Gasteiger partial charge on any atom is -0.352 e. The summed E-state index contributed by atoms with van der Waals surface area (Å²) in [4.78, 5) is 23.0. The molecule has 1 amide bonds. The monoisotopic (exact) mass is 261 g/mol. The van der Waals surface area contributed by atoms with Gasteiger partial charge < -0.3 is 15.5 Å². The van der Waals surface area contributed by atoms with Gasteiger partial charge in [-0.2, -0.15) is 0 Å². The average Bonchev–Trinajstić information content (AvgIpc) is 2.43. The zero-order valence-corrected chi connectivity index (χ0v) is 10.9. The lowest BCUT2D eigenvalue weighted by Gasteiger charge is -2.30. The van der Waals surface area contributed by atoms with Crippen molar-refractivity contribution in [3.05, 3.63) is 18.1 Å². The van der Waals surface area contributed by atoms with Gasteiger partial charge in [-0.25, -0.2) is 9.97 Å². The Morgan fingerprint density at radius 1 is 1.26 bits per heavy atom. The minimum absolute atomic E-state index is 0.0914. The average molecular weight is 261 g/mol. The fourth-order valence-electron chi connectivity index (χ4n) is 2.41. The van der Waals surface area contributed by atoms with Crippen molar-refractivity contribution < 1.29 is 4.79 Å². The molecule has 102 valence electrons. The highest BCUT2D eigenvalue weighted by molar-refractivity contribution is 5.97. The van der Waals surface area contributed by atoms with Crippen LogP contribution in [0.25, 0.3) is 0 Å². The molecule has 6 nitrogen and oxygen atoms in total. The van der Waals surface area contributed by atoms with E-state index in [1.165, 1.54) is 6.42 Å². The zero-order chi connectivity index (χ0) is 13.1. The predicted molar refractivity (Wildman–Crippen MR) is 72.2 cm³/mol. The molecule has 0 aromatic carbocycles. The number of nitrogens with zero attached hydrogens (tertiary/aromatic N) is 3. The highest BCUT2D eigenvalue weighted by atomic mass is 16.2. The topological polar surface area (TPSA) is 70.2 Å². The Kier molecular flexibility index (Phi) is 3.59. The fraction of sp³-hybridized carbons (Fsp3) is 0.615. The maximum absolute atomic E-state index is 12.3. The molecule has 2 N–H and O–H groups in total. The van der Waals surface area contributed by atoms with Gasteiger partial charge in [0.1, 0.15) is 0 Å². The van der Waals surface area contributed by atoms with Gasteiger partial charge >= 0.3 is 0 Å². The molecule has 19 heavy (non-hydrogen) atoms. The van der Waals surface area contributed by atoms with E-state index in [2.05, 4.69) is 25.5 Å². The van der Waals surface area contributed by atoms with Crippen molar-refractivity contribution in [2.75, 3.05) is 31.1 Å². The summed E-state index contributed by atoms with van der Waals surface area (Å²) in [5.41, 5.74) is 0.455. The van der Waals surface area contributed by atoms with E-state index >= 15 is 0 Å². The molecule has 0 spiro atoms. The van der Waals surface area contributed by atoms with Gasteiger partial charge in [0.2, 0.25) is 0 Å². The second kappa shape index (κ2) is 5.52. The largest absolute Gasteiger partial charge is 0.352 e. The number of hydrogen-bond donors (Lipinski definition) is 2. The van der Waals surface area contributed by atoms with Gasteiger partial charge in [-0.1, -0.05) is 0 Å². The lowest BCUT2D eigenvalue weighted by atomic mass is 9.93. The van der Waals surface area contributed by atoms with Crippen molar-refractivity contribution in [1.29, 1.82) is 0 Å². The first-order valence-corrected chi connectivity index (χ1v) is 6.92. The number of piperazine rings is 1. The zero-order valence-electron chi connectivity index (χ0n) is 10.9. The van der Waals surface area contributed by atoms with Gasteiger partial charge in [0, 0.05) is 44.6 Å². The van der Waals surface area contributed by atoms with Crippen molar-refractivity contribution in [3.8, 4) is 0 Å². The normalized spacial score (nSPS) is 19.9. The van der Waals surface area contributed by atoms with Crippen LogP contribution in [-0.4, -0.2) is 48.1 Å². The van der Waals surface area contributed by atoms with Crippen LogP contribution in [0.15, 0.2) is 12.4 Å². The van der Waals surface area contributed by atoms with Crippen molar-refractivity contribution in [2.24, 2.45) is 0 Å². The summed E-state index contributed by atoms with van der Waals surface area (Å²) in [6.45, 7) is 3.56. The maximum Gasteiger partial charge on any atom is 0.273 e. The number of rotatable bonds is 3. The summed E-state index contributed by atoms with van der Waals surface area (Å²) in [7, 11) is 0. The second-order valence-corrected chi connectivity index (χ2v) is 5.07. The number of nitrogens with one attached hydrogen (secondary N) is 2. The Hall–Kier alpha value is -1.69. The standard InChI is InChI=1S/C13H19N5O/c19-13(17-10-2-1-3-10)11-12(16-5-4-15-11)18-8-6-14-7-9-18/h4-5,10,14H,1-3,6-9H2,(H,17,19). The number of carbonyl (C=O) groups excluding carboxylic acids is 1. The van der Waals surface area contributed by atoms with E-state index in [1.54, 1.807) is 12.4 Å². The quantitative estimate of drug-likeness (QED) is 0.811. The molecule has 2 heterocycles. The Morgan fingerprint density at radius 2 is 2.00 bits per heavy atom. The van der Waals surface area contributed by atoms with Gasteiger partial charge in [0.05, 0.1) is 0 Å². The summed E-state index contributed by atoms with van der Waals surface area (Å²) in [6, 6.07) is 0.324. The second-order valence-electron chi connectivity index (χ2n) is 5.07. The molecule has 1 aromatic rings. The number of hydrogen-bond acceptors (Lipinski definition) is 5. The predicted octanol–water partition coefficient (Wildman–Crippen LogP) is 0.168. The Labute approximate surface area is 112 Å². The lowest BCUT2D eigenvalue weighted by molar-refractivity contribution is 0.0912. The molecular formula is C13H19N5O. The van der Waals surface area contributed by atoms with Crippen molar-refractivity contribution in [3.63, 3.8) is 0 Å². The molecule has 1 aliphatic heterocycles. The third kappa shape index (κ3) is 2.68. The molecule has 1 saturated carbocycles. The van der Waals surface area contributed by atoms with Crippen molar-refractivity contribution in [1.82, 2.24) is 20.6 Å². The number of anilines is 1. The fourth-order valence-corrected chi connectivity index (χ4v) is 2.41. The van der Waals surface area contributed by atoms with E-state index in [4.69, 9.17) is 0 Å². The minimum atomic E-state index is -0.0914. The summed E-state index contributed by atoms with van der Waals surface area (Å²) >= 11 is 0. The molecule has 0 bridgehead atoms. The highest BCUT2D eigenvalue weighted by Crippen LogP contribution is 2.20. The molecule has 0 radical (unpaired) electrons. The van der Waals surface area contributed by atoms with Crippen LogP contribution in [0.4, 0.5) is 5.82 Å². The Balaban J connectivity index is 1.77. The van der Waals surface area contributed by atoms with Gasteiger partial charge in [0.15, 0.2) is 11.5 Å². The summed E-state index contributed by atoms with van der Waals surface area (Å²) in [5.74, 6) is 0.618. The molecular weight excluding hydrogens is 242 g/mol. The van der Waals surface area contributed by atoms with E-state index in [0.717, 1.165) is 39.0 Å². The van der Waals surface area contributed by atoms with Crippen LogP contribution in [0, 0.1) is 0 Å². The van der Waals surface area contributed by atoms with Crippen LogP contribution < -0.4 is 15.5 Å². The number of carbonyl (C=O) groups is 1. The van der Waals surface area contributed by atoms with Crippen LogP contribution in [-0.2, 0) is 0 Å². The van der Waals surface area contributed by atoms with Gasteiger partial charge in [-0.15, -0.1) is 0 Å². The summed E-state index contributed by atoms with van der Waals surface area (Å²) in [5, 5.41) is 6.32. The molecule has 0 atom stereocenters. The first-order chi connectivity index (χ1) is 9.34. The van der Waals surface area contributed by atoms with Crippen LogP contribution in [0.3, 0.4) is 0 Å². The first-order valence-electron chi connectivity index (χ1n) is 6.92. The summed E-state index contributed by atoms with van der Waals surface area (Å²) in [6.07, 6.45) is 6.60. The molecule has 1 aromatic heterocycles. The van der Waals surface area contributed by atoms with Crippen LogP contribution in [0.2, 0.25) is 0 Å². The van der Waals surface area contributed by atoms with Crippen molar-refractivity contribution >= 4 is 11.7 Å². The van der Waals surface area contributed by atoms with Gasteiger partial charge in [-0.05, 0) is 19.3 Å². The molecule has 3 rings (SSSR count). The smallest absolute Gasteiger partial charge is 0.273 e. The molecule has 6 heteroatoms. The molecule has 0 unspecified atom stereocenters. The SMILES string of the molecule is O=C(NC1CCC1)c1nccnc1N1CCNCC1. The summed E-state index contributed by atoms with van der Waals surface area (Å²) < 4.78 is 0.